The first-order valence-corrected chi connectivity index (χ1v) is 9.00. The minimum Gasteiger partial charge on any atom is -0.465 e. The van der Waals surface area contributed by atoms with Crippen LogP contribution < -0.4 is 4.90 Å². The first-order valence-electron chi connectivity index (χ1n) is 8.12. The predicted octanol–water partition coefficient (Wildman–Crippen LogP) is 3.07. The van der Waals surface area contributed by atoms with E-state index in [4.69, 9.17) is 0 Å². The fourth-order valence-electron chi connectivity index (χ4n) is 2.76. The second-order valence-corrected chi connectivity index (χ2v) is 7.69. The molecule has 1 aliphatic heterocycles. The number of imide groups is 1. The molecular formula is C19H17N3O4S. The minimum atomic E-state index is -1.13. The van der Waals surface area contributed by atoms with Crippen LogP contribution in [0.2, 0.25) is 0 Å². The summed E-state index contributed by atoms with van der Waals surface area (Å²) in [5.74, 6) is 5.13. The van der Waals surface area contributed by atoms with Gasteiger partial charge in [0.1, 0.15) is 4.88 Å². The van der Waals surface area contributed by atoms with Gasteiger partial charge in [0.15, 0.2) is 5.82 Å². The van der Waals surface area contributed by atoms with E-state index in [1.54, 1.807) is 45.0 Å². The summed E-state index contributed by atoms with van der Waals surface area (Å²) in [6, 6.07) is 6.63. The van der Waals surface area contributed by atoms with Crippen LogP contribution in [0.4, 0.5) is 10.6 Å². The van der Waals surface area contributed by atoms with Gasteiger partial charge in [-0.1, -0.05) is 24.0 Å². The number of hydrogen-bond acceptors (Lipinski definition) is 5. The molecule has 1 aromatic heterocycles. The Morgan fingerprint density at radius 3 is 2.33 bits per heavy atom. The second kappa shape index (κ2) is 6.85. The molecule has 27 heavy (non-hydrogen) atoms. The maximum atomic E-state index is 12.3. The highest BCUT2D eigenvalue weighted by atomic mass is 32.1. The van der Waals surface area contributed by atoms with Crippen LogP contribution in [0.3, 0.4) is 0 Å². The van der Waals surface area contributed by atoms with Gasteiger partial charge in [-0.3, -0.25) is 19.4 Å². The Balaban J connectivity index is 1.83. The SMILES string of the molecule is CC(C)(C)N(C(=O)O)c1ncsc1C#CCN1C(=O)c2ccccc2C1=O. The van der Waals surface area contributed by atoms with Crippen molar-refractivity contribution < 1.29 is 19.5 Å². The number of aromatic nitrogens is 1. The van der Waals surface area contributed by atoms with E-state index in [1.165, 1.54) is 16.8 Å². The van der Waals surface area contributed by atoms with Crippen molar-refractivity contribution in [2.45, 2.75) is 26.3 Å². The van der Waals surface area contributed by atoms with Crippen LogP contribution in [0.25, 0.3) is 0 Å². The number of fused-ring (bicyclic) bond motifs is 1. The molecule has 3 amide bonds. The smallest absolute Gasteiger partial charge is 0.413 e. The molecule has 2 heterocycles. The number of thiazole rings is 1. The molecular weight excluding hydrogens is 366 g/mol. The zero-order chi connectivity index (χ0) is 19.8. The van der Waals surface area contributed by atoms with Gasteiger partial charge >= 0.3 is 6.09 Å². The molecule has 0 radical (unpaired) electrons. The highest BCUT2D eigenvalue weighted by Gasteiger charge is 2.34. The van der Waals surface area contributed by atoms with Crippen molar-refractivity contribution in [1.29, 1.82) is 0 Å². The third-order valence-electron chi connectivity index (χ3n) is 3.94. The standard InChI is InChI=1S/C19H17N3O4S/c1-19(2,3)22(18(25)26)15-14(27-11-20-15)9-6-10-21-16(23)12-7-4-5-8-13(12)17(21)24/h4-5,7-8,11H,10H2,1-3H3,(H,25,26). The molecule has 0 atom stereocenters. The van der Waals surface area contributed by atoms with E-state index >= 15 is 0 Å². The maximum Gasteiger partial charge on any atom is 0.413 e. The summed E-state index contributed by atoms with van der Waals surface area (Å²) >= 11 is 1.20. The predicted molar refractivity (Wildman–Crippen MR) is 101 cm³/mol. The minimum absolute atomic E-state index is 0.0771. The Labute approximate surface area is 160 Å². The largest absolute Gasteiger partial charge is 0.465 e. The lowest BCUT2D eigenvalue weighted by Gasteiger charge is -2.31. The van der Waals surface area contributed by atoms with Gasteiger partial charge in [0.25, 0.3) is 11.8 Å². The van der Waals surface area contributed by atoms with Gasteiger partial charge in [0, 0.05) is 5.54 Å². The van der Waals surface area contributed by atoms with Gasteiger partial charge in [-0.25, -0.2) is 9.78 Å². The second-order valence-electron chi connectivity index (χ2n) is 6.84. The van der Waals surface area contributed by atoms with Crippen LogP contribution in [-0.4, -0.2) is 45.0 Å². The fourth-order valence-corrected chi connectivity index (χ4v) is 3.40. The number of benzene rings is 1. The van der Waals surface area contributed by atoms with Gasteiger partial charge in [-0.15, -0.1) is 11.3 Å². The molecule has 1 N–H and O–H groups in total. The average Bonchev–Trinajstić information content (AvgIpc) is 3.12. The van der Waals surface area contributed by atoms with Gasteiger partial charge in [0.05, 0.1) is 23.2 Å². The average molecular weight is 383 g/mol. The molecule has 2 aromatic rings. The van der Waals surface area contributed by atoms with E-state index < -0.39 is 11.6 Å². The third-order valence-corrected chi connectivity index (χ3v) is 4.67. The van der Waals surface area contributed by atoms with E-state index in [2.05, 4.69) is 16.8 Å². The summed E-state index contributed by atoms with van der Waals surface area (Å²) in [4.78, 5) is 43.1. The lowest BCUT2D eigenvalue weighted by atomic mass is 10.1. The number of carbonyl (C=O) groups is 3. The Hall–Kier alpha value is -3.18. The van der Waals surface area contributed by atoms with E-state index in [9.17, 15) is 19.5 Å². The topological polar surface area (TPSA) is 90.8 Å². The monoisotopic (exact) mass is 383 g/mol. The molecule has 1 aromatic carbocycles. The van der Waals surface area contributed by atoms with Crippen molar-refractivity contribution in [3.8, 4) is 11.8 Å². The van der Waals surface area contributed by atoms with Crippen molar-refractivity contribution in [3.63, 3.8) is 0 Å². The summed E-state index contributed by atoms with van der Waals surface area (Å²) in [7, 11) is 0. The quantitative estimate of drug-likeness (QED) is 0.636. The summed E-state index contributed by atoms with van der Waals surface area (Å²) < 4.78 is 0. The van der Waals surface area contributed by atoms with Gasteiger partial charge in [-0.2, -0.15) is 0 Å². The molecule has 0 spiro atoms. The fraction of sp³-hybridized carbons (Fsp3) is 0.263. The first kappa shape index (κ1) is 18.6. The van der Waals surface area contributed by atoms with Crippen molar-refractivity contribution in [1.82, 2.24) is 9.88 Å². The first-order chi connectivity index (χ1) is 12.7. The van der Waals surface area contributed by atoms with Crippen molar-refractivity contribution in [2.75, 3.05) is 11.4 Å². The van der Waals surface area contributed by atoms with Crippen LogP contribution in [-0.2, 0) is 0 Å². The molecule has 0 saturated heterocycles. The number of carboxylic acid groups (broad SMARTS) is 1. The Kier molecular flexibility index (Phi) is 4.72. The van der Waals surface area contributed by atoms with Crippen molar-refractivity contribution >= 4 is 35.1 Å². The van der Waals surface area contributed by atoms with E-state index in [-0.39, 0.29) is 24.2 Å². The van der Waals surface area contributed by atoms with Crippen LogP contribution in [0, 0.1) is 11.8 Å². The number of amides is 3. The molecule has 1 aliphatic rings. The summed E-state index contributed by atoms with van der Waals surface area (Å²) in [6.45, 7) is 5.20. The Morgan fingerprint density at radius 1 is 1.22 bits per heavy atom. The van der Waals surface area contributed by atoms with Gasteiger partial charge < -0.3 is 5.11 Å². The van der Waals surface area contributed by atoms with Crippen molar-refractivity contribution in [2.24, 2.45) is 0 Å². The highest BCUT2D eigenvalue weighted by molar-refractivity contribution is 7.10. The molecule has 0 unspecified atom stereocenters. The lowest BCUT2D eigenvalue weighted by molar-refractivity contribution is 0.0674. The van der Waals surface area contributed by atoms with E-state index in [0.29, 0.717) is 16.0 Å². The normalized spacial score (nSPS) is 13.2. The number of carbonyl (C=O) groups excluding carboxylic acids is 2. The summed E-state index contributed by atoms with van der Waals surface area (Å²) in [5, 5.41) is 9.52. The van der Waals surface area contributed by atoms with Gasteiger partial charge in [0.2, 0.25) is 0 Å². The third kappa shape index (κ3) is 3.41. The van der Waals surface area contributed by atoms with Crippen LogP contribution in [0.5, 0.6) is 0 Å². The molecule has 0 bridgehead atoms. The number of anilines is 1. The number of hydrogen-bond donors (Lipinski definition) is 1. The van der Waals surface area contributed by atoms with Crippen LogP contribution >= 0.6 is 11.3 Å². The molecule has 138 valence electrons. The maximum absolute atomic E-state index is 12.3. The molecule has 0 aliphatic carbocycles. The van der Waals surface area contributed by atoms with E-state index in [0.717, 1.165) is 9.80 Å². The Morgan fingerprint density at radius 2 is 1.81 bits per heavy atom. The van der Waals surface area contributed by atoms with Crippen LogP contribution in [0.15, 0.2) is 29.8 Å². The van der Waals surface area contributed by atoms with E-state index in [1.807, 2.05) is 0 Å². The summed E-state index contributed by atoms with van der Waals surface area (Å²) in [5.41, 5.74) is 1.56. The Bertz CT molecular complexity index is 959. The van der Waals surface area contributed by atoms with Crippen LogP contribution in [0.1, 0.15) is 46.4 Å². The molecule has 0 fully saturated rings. The highest BCUT2D eigenvalue weighted by Crippen LogP contribution is 2.28. The summed E-state index contributed by atoms with van der Waals surface area (Å²) in [6.07, 6.45) is -1.13. The number of nitrogens with zero attached hydrogens (tertiary/aromatic N) is 3. The lowest BCUT2D eigenvalue weighted by Crippen LogP contribution is -2.45. The molecule has 3 rings (SSSR count). The molecule has 7 nitrogen and oxygen atoms in total. The zero-order valence-corrected chi connectivity index (χ0v) is 15.8. The zero-order valence-electron chi connectivity index (χ0n) is 15.0. The van der Waals surface area contributed by atoms with Gasteiger partial charge in [-0.05, 0) is 32.9 Å². The van der Waals surface area contributed by atoms with Crippen molar-refractivity contribution in [3.05, 3.63) is 45.8 Å². The molecule has 0 saturated carbocycles. The number of rotatable bonds is 2. The molecule has 8 heteroatoms.